The summed E-state index contributed by atoms with van der Waals surface area (Å²) >= 11 is 0. The average molecular weight is 678 g/mol. The van der Waals surface area contributed by atoms with Gasteiger partial charge >= 0.3 is 0 Å². The van der Waals surface area contributed by atoms with E-state index in [1.54, 1.807) is 0 Å². The summed E-state index contributed by atoms with van der Waals surface area (Å²) in [6.45, 7) is 4.67. The molecular weight excluding hydrogens is 647 g/mol. The number of para-hydroxylation sites is 2. The minimum Gasteiger partial charge on any atom is -0.456 e. The predicted molar refractivity (Wildman–Crippen MR) is 219 cm³/mol. The summed E-state index contributed by atoms with van der Waals surface area (Å²) in [4.78, 5) is 11.0. The molecule has 0 spiro atoms. The highest BCUT2D eigenvalue weighted by molar-refractivity contribution is 6.23. The first kappa shape index (κ1) is 28.9. The van der Waals surface area contributed by atoms with Gasteiger partial charge in [-0.2, -0.15) is 0 Å². The van der Waals surface area contributed by atoms with Gasteiger partial charge in [-0.3, -0.25) is 4.57 Å². The maximum absolute atomic E-state index is 6.29. The van der Waals surface area contributed by atoms with Crippen LogP contribution in [0.5, 0.6) is 0 Å². The second-order valence-corrected chi connectivity index (χ2v) is 15.0. The first-order chi connectivity index (χ1) is 26.0. The van der Waals surface area contributed by atoms with E-state index in [0.29, 0.717) is 5.95 Å². The van der Waals surface area contributed by atoms with E-state index in [1.165, 1.54) is 33.0 Å². The van der Waals surface area contributed by atoms with E-state index in [0.717, 1.165) is 76.7 Å². The molecule has 0 fully saturated rings. The predicted octanol–water partition coefficient (Wildman–Crippen LogP) is 12.9. The van der Waals surface area contributed by atoms with Crippen molar-refractivity contribution in [1.29, 1.82) is 0 Å². The van der Waals surface area contributed by atoms with Crippen LogP contribution in [0.1, 0.15) is 25.0 Å². The minimum absolute atomic E-state index is 0.130. The zero-order valence-corrected chi connectivity index (χ0v) is 29.2. The fourth-order valence-corrected chi connectivity index (χ4v) is 9.28. The number of nitrogens with zero attached hydrogens (tertiary/aromatic N) is 3. The highest BCUT2D eigenvalue weighted by atomic mass is 16.3. The molecule has 11 aromatic rings. The third kappa shape index (κ3) is 3.84. The third-order valence-electron chi connectivity index (χ3n) is 11.8. The molecule has 1 aliphatic carbocycles. The lowest BCUT2D eigenvalue weighted by atomic mass is 9.81. The van der Waals surface area contributed by atoms with Crippen LogP contribution in [-0.4, -0.2) is 14.5 Å². The molecule has 1 aliphatic rings. The molecule has 4 heteroatoms. The minimum atomic E-state index is -0.130. The largest absolute Gasteiger partial charge is 0.456 e. The second-order valence-electron chi connectivity index (χ2n) is 15.0. The molecule has 0 saturated heterocycles. The van der Waals surface area contributed by atoms with Crippen LogP contribution in [0.3, 0.4) is 0 Å². The number of aromatic nitrogens is 3. The quantitative estimate of drug-likeness (QED) is 0.171. The molecule has 0 aliphatic heterocycles. The van der Waals surface area contributed by atoms with Gasteiger partial charge in [0.1, 0.15) is 11.2 Å². The summed E-state index contributed by atoms with van der Waals surface area (Å²) in [6, 6.07) is 54.5. The fourth-order valence-electron chi connectivity index (χ4n) is 9.28. The van der Waals surface area contributed by atoms with Gasteiger partial charge in [-0.05, 0) is 86.3 Å². The Balaban J connectivity index is 1.17. The van der Waals surface area contributed by atoms with Crippen molar-refractivity contribution < 1.29 is 4.42 Å². The van der Waals surface area contributed by atoms with Crippen molar-refractivity contribution in [2.24, 2.45) is 0 Å². The van der Waals surface area contributed by atoms with Crippen LogP contribution in [0, 0.1) is 0 Å². The van der Waals surface area contributed by atoms with Crippen molar-refractivity contribution in [3.63, 3.8) is 0 Å². The third-order valence-corrected chi connectivity index (χ3v) is 11.8. The Kier molecular flexibility index (Phi) is 5.54. The molecule has 12 rings (SSSR count). The van der Waals surface area contributed by atoms with Crippen LogP contribution in [0.2, 0.25) is 0 Å². The molecule has 53 heavy (non-hydrogen) atoms. The fraction of sp³-hybridized carbons (Fsp3) is 0.0612. The SMILES string of the molecule is CC1(C)c2ccccc2-c2ccc(-c3nc(-n4c5ccccc5c5cc6c(ccc7oc8ccccc8c76)cc54)nc4ccc5ccccc5c34)cc21. The summed E-state index contributed by atoms with van der Waals surface area (Å²) < 4.78 is 8.55. The van der Waals surface area contributed by atoms with Gasteiger partial charge in [0.15, 0.2) is 0 Å². The van der Waals surface area contributed by atoms with Crippen LogP contribution in [0.4, 0.5) is 0 Å². The van der Waals surface area contributed by atoms with E-state index in [1.807, 2.05) is 12.1 Å². The number of rotatable bonds is 2. The Morgan fingerprint density at radius 3 is 2.17 bits per heavy atom. The van der Waals surface area contributed by atoms with Gasteiger partial charge in [0.2, 0.25) is 5.95 Å². The average Bonchev–Trinajstić information content (AvgIpc) is 3.82. The van der Waals surface area contributed by atoms with E-state index in [-0.39, 0.29) is 5.41 Å². The lowest BCUT2D eigenvalue weighted by molar-refractivity contribution is 0.660. The number of hydrogen-bond donors (Lipinski definition) is 0. The molecule has 8 aromatic carbocycles. The zero-order valence-electron chi connectivity index (χ0n) is 29.2. The molecule has 3 aromatic heterocycles. The highest BCUT2D eigenvalue weighted by Crippen LogP contribution is 2.50. The van der Waals surface area contributed by atoms with Gasteiger partial charge in [-0.25, -0.2) is 9.97 Å². The Hall–Kier alpha value is -6.78. The van der Waals surface area contributed by atoms with Crippen molar-refractivity contribution >= 4 is 76.2 Å². The molecular formula is C49H31N3O. The second kappa shape index (κ2) is 10.2. The summed E-state index contributed by atoms with van der Waals surface area (Å²) in [5, 5.41) is 10.3. The molecule has 0 bridgehead atoms. The van der Waals surface area contributed by atoms with Gasteiger partial charge in [-0.1, -0.05) is 123 Å². The molecule has 0 radical (unpaired) electrons. The molecule has 0 saturated carbocycles. The number of furan rings is 1. The van der Waals surface area contributed by atoms with Crippen LogP contribution in [0.25, 0.3) is 105 Å². The molecule has 3 heterocycles. The first-order valence-electron chi connectivity index (χ1n) is 18.2. The maximum atomic E-state index is 6.29. The van der Waals surface area contributed by atoms with Crippen molar-refractivity contribution in [2.75, 3.05) is 0 Å². The van der Waals surface area contributed by atoms with Gasteiger partial charge in [0, 0.05) is 37.9 Å². The molecule has 0 N–H and O–H groups in total. The molecule has 248 valence electrons. The van der Waals surface area contributed by atoms with Crippen molar-refractivity contribution in [1.82, 2.24) is 14.5 Å². The summed E-state index contributed by atoms with van der Waals surface area (Å²) in [5.74, 6) is 0.659. The van der Waals surface area contributed by atoms with E-state index in [4.69, 9.17) is 14.4 Å². The van der Waals surface area contributed by atoms with Gasteiger partial charge in [0.05, 0.1) is 22.2 Å². The topological polar surface area (TPSA) is 43.9 Å². The number of benzene rings is 8. The standard InChI is InChI=1S/C49H31N3O/c1-49(2)38-16-8-5-13-32(38)33-22-19-30(25-39(33)49)47-46-31-12-4-3-11-28(31)20-23-40(46)50-48(51-47)52-41-17-9-6-14-34(41)37-27-36-29(26-42(37)52)21-24-44-45(36)35-15-7-10-18-43(35)53-44/h3-27H,1-2H3. The lowest BCUT2D eigenvalue weighted by Crippen LogP contribution is -2.15. The normalized spacial score (nSPS) is 13.6. The van der Waals surface area contributed by atoms with Gasteiger partial charge < -0.3 is 4.42 Å². The van der Waals surface area contributed by atoms with Crippen molar-refractivity contribution in [2.45, 2.75) is 19.3 Å². The zero-order chi connectivity index (χ0) is 35.0. The maximum Gasteiger partial charge on any atom is 0.235 e. The molecule has 0 unspecified atom stereocenters. The van der Waals surface area contributed by atoms with E-state index in [9.17, 15) is 0 Å². The Morgan fingerprint density at radius 1 is 0.491 bits per heavy atom. The van der Waals surface area contributed by atoms with Gasteiger partial charge in [0.25, 0.3) is 0 Å². The van der Waals surface area contributed by atoms with Crippen molar-refractivity contribution in [3.05, 3.63) is 163 Å². The molecule has 0 atom stereocenters. The van der Waals surface area contributed by atoms with Crippen LogP contribution < -0.4 is 0 Å². The smallest absolute Gasteiger partial charge is 0.235 e. The Bertz CT molecular complexity index is 3380. The van der Waals surface area contributed by atoms with E-state index < -0.39 is 0 Å². The van der Waals surface area contributed by atoms with Gasteiger partial charge in [-0.15, -0.1) is 0 Å². The first-order valence-corrected chi connectivity index (χ1v) is 18.2. The van der Waals surface area contributed by atoms with Crippen LogP contribution >= 0.6 is 0 Å². The molecule has 4 nitrogen and oxygen atoms in total. The van der Waals surface area contributed by atoms with E-state index in [2.05, 4.69) is 158 Å². The number of hydrogen-bond acceptors (Lipinski definition) is 3. The van der Waals surface area contributed by atoms with Crippen LogP contribution in [0.15, 0.2) is 156 Å². The Labute approximate surface area is 304 Å². The Morgan fingerprint density at radius 2 is 1.25 bits per heavy atom. The number of fused-ring (bicyclic) bond motifs is 14. The summed E-state index contributed by atoms with van der Waals surface area (Å²) in [5.41, 5.74) is 12.1. The lowest BCUT2D eigenvalue weighted by Gasteiger charge is -2.22. The highest BCUT2D eigenvalue weighted by Gasteiger charge is 2.35. The monoisotopic (exact) mass is 677 g/mol. The van der Waals surface area contributed by atoms with Crippen molar-refractivity contribution in [3.8, 4) is 28.3 Å². The molecule has 0 amide bonds. The van der Waals surface area contributed by atoms with E-state index >= 15 is 0 Å². The summed E-state index contributed by atoms with van der Waals surface area (Å²) in [7, 11) is 0. The van der Waals surface area contributed by atoms with Crippen LogP contribution in [-0.2, 0) is 5.41 Å². The summed E-state index contributed by atoms with van der Waals surface area (Å²) in [6.07, 6.45) is 0.